The lowest BCUT2D eigenvalue weighted by Gasteiger charge is -2.04. The maximum Gasteiger partial charge on any atom is 0.290 e. The molecule has 2 N–H and O–H groups in total. The summed E-state index contributed by atoms with van der Waals surface area (Å²) in [5.74, 6) is 0.572. The van der Waals surface area contributed by atoms with E-state index in [9.17, 15) is 0 Å². The average Bonchev–Trinajstić information content (AvgIpc) is 2.19. The maximum atomic E-state index is 8.77. The summed E-state index contributed by atoms with van der Waals surface area (Å²) in [6, 6.07) is 8.07. The number of rotatable bonds is 2. The molecular formula is C11H16O3. The molecule has 0 unspecified atom stereocenters. The Hall–Kier alpha value is -1.35. The number of hydrogen-bond donors (Lipinski definition) is 2. The first kappa shape index (κ1) is 12.7. The zero-order valence-corrected chi connectivity index (χ0v) is 8.47. The van der Waals surface area contributed by atoms with Gasteiger partial charge >= 0.3 is 0 Å². The van der Waals surface area contributed by atoms with Gasteiger partial charge in [-0.05, 0) is 17.0 Å². The Morgan fingerprint density at radius 1 is 1.29 bits per heavy atom. The van der Waals surface area contributed by atoms with Crippen LogP contribution in [0.15, 0.2) is 24.3 Å². The van der Waals surface area contributed by atoms with Crippen molar-refractivity contribution in [3.05, 3.63) is 35.4 Å². The summed E-state index contributed by atoms with van der Waals surface area (Å²) < 4.78 is 0. The molecule has 1 rings (SSSR count). The van der Waals surface area contributed by atoms with Crippen LogP contribution in [-0.2, 0) is 11.4 Å². The molecule has 0 saturated carbocycles. The van der Waals surface area contributed by atoms with E-state index in [1.165, 1.54) is 5.56 Å². The Morgan fingerprint density at radius 2 is 1.71 bits per heavy atom. The van der Waals surface area contributed by atoms with Crippen LogP contribution in [0.5, 0.6) is 0 Å². The minimum atomic E-state index is -0.250. The number of carboxylic acid groups (broad SMARTS) is 1. The summed E-state index contributed by atoms with van der Waals surface area (Å²) in [4.78, 5) is 8.36. The molecule has 1 aromatic rings. The first-order chi connectivity index (χ1) is 6.65. The van der Waals surface area contributed by atoms with Gasteiger partial charge in [-0.3, -0.25) is 4.79 Å². The molecule has 0 heterocycles. The summed E-state index contributed by atoms with van der Waals surface area (Å²) >= 11 is 0. The predicted octanol–water partition coefficient (Wildman–Crippen LogP) is 2.00. The second-order valence-electron chi connectivity index (χ2n) is 3.16. The van der Waals surface area contributed by atoms with Crippen molar-refractivity contribution in [1.29, 1.82) is 0 Å². The molecule has 3 nitrogen and oxygen atoms in total. The molecule has 0 bridgehead atoms. The molecule has 14 heavy (non-hydrogen) atoms. The molecule has 1 aromatic carbocycles. The second-order valence-corrected chi connectivity index (χ2v) is 3.16. The predicted molar refractivity (Wildman–Crippen MR) is 55.1 cm³/mol. The van der Waals surface area contributed by atoms with Crippen molar-refractivity contribution in [2.75, 3.05) is 0 Å². The fourth-order valence-corrected chi connectivity index (χ4v) is 1.01. The molecule has 0 aromatic heterocycles. The number of carbonyl (C=O) groups is 1. The van der Waals surface area contributed by atoms with Gasteiger partial charge in [-0.2, -0.15) is 0 Å². The van der Waals surface area contributed by atoms with Crippen molar-refractivity contribution in [2.24, 2.45) is 0 Å². The molecule has 0 aliphatic carbocycles. The van der Waals surface area contributed by atoms with Gasteiger partial charge in [0.25, 0.3) is 6.47 Å². The Bertz CT molecular complexity index is 252. The third-order valence-corrected chi connectivity index (χ3v) is 1.83. The number of aliphatic hydroxyl groups excluding tert-OH is 1. The molecule has 0 fully saturated rings. The Morgan fingerprint density at radius 3 is 2.00 bits per heavy atom. The van der Waals surface area contributed by atoms with Gasteiger partial charge in [0.1, 0.15) is 0 Å². The van der Waals surface area contributed by atoms with E-state index in [2.05, 4.69) is 26.0 Å². The zero-order chi connectivity index (χ0) is 11.0. The number of aliphatic hydroxyl groups is 1. The van der Waals surface area contributed by atoms with Crippen molar-refractivity contribution in [1.82, 2.24) is 0 Å². The van der Waals surface area contributed by atoms with Crippen molar-refractivity contribution < 1.29 is 15.0 Å². The third kappa shape index (κ3) is 4.62. The topological polar surface area (TPSA) is 57.5 Å². The smallest absolute Gasteiger partial charge is 0.290 e. The third-order valence-electron chi connectivity index (χ3n) is 1.83. The Labute approximate surface area is 84.0 Å². The van der Waals surface area contributed by atoms with Crippen molar-refractivity contribution in [3.8, 4) is 0 Å². The van der Waals surface area contributed by atoms with Crippen LogP contribution in [0.1, 0.15) is 30.9 Å². The lowest BCUT2D eigenvalue weighted by molar-refractivity contribution is -0.122. The van der Waals surface area contributed by atoms with E-state index in [0.29, 0.717) is 5.92 Å². The highest BCUT2D eigenvalue weighted by Crippen LogP contribution is 2.14. The highest BCUT2D eigenvalue weighted by atomic mass is 16.3. The summed E-state index contributed by atoms with van der Waals surface area (Å²) in [6.45, 7) is 4.21. The van der Waals surface area contributed by atoms with Gasteiger partial charge in [-0.1, -0.05) is 38.1 Å². The van der Waals surface area contributed by atoms with Gasteiger partial charge in [-0.15, -0.1) is 0 Å². The molecule has 78 valence electrons. The fraction of sp³-hybridized carbons (Fsp3) is 0.364. The standard InChI is InChI=1S/C10H14O.CH2O2/c1-8(2)10-5-3-9(7-11)4-6-10;2-1-3/h3-6,8,11H,7H2,1-2H3;1H,(H,2,3). The van der Waals surface area contributed by atoms with Crippen LogP contribution in [0, 0.1) is 0 Å². The number of hydrogen-bond acceptors (Lipinski definition) is 2. The zero-order valence-electron chi connectivity index (χ0n) is 8.47. The molecule has 0 spiro atoms. The molecule has 0 aliphatic heterocycles. The van der Waals surface area contributed by atoms with Crippen LogP contribution in [0.25, 0.3) is 0 Å². The van der Waals surface area contributed by atoms with Crippen LogP contribution in [0.4, 0.5) is 0 Å². The van der Waals surface area contributed by atoms with Crippen LogP contribution in [0.3, 0.4) is 0 Å². The highest BCUT2D eigenvalue weighted by molar-refractivity contribution is 5.32. The largest absolute Gasteiger partial charge is 0.483 e. The average molecular weight is 196 g/mol. The lowest BCUT2D eigenvalue weighted by atomic mass is 10.0. The van der Waals surface area contributed by atoms with Crippen molar-refractivity contribution in [3.63, 3.8) is 0 Å². The monoisotopic (exact) mass is 196 g/mol. The first-order valence-corrected chi connectivity index (χ1v) is 4.43. The van der Waals surface area contributed by atoms with Crippen LogP contribution in [0.2, 0.25) is 0 Å². The quantitative estimate of drug-likeness (QED) is 0.711. The van der Waals surface area contributed by atoms with E-state index in [1.54, 1.807) is 0 Å². The maximum absolute atomic E-state index is 8.77. The minimum Gasteiger partial charge on any atom is -0.483 e. The SMILES string of the molecule is CC(C)c1ccc(CO)cc1.O=CO. The lowest BCUT2D eigenvalue weighted by Crippen LogP contribution is -1.88. The molecule has 0 saturated heterocycles. The van der Waals surface area contributed by atoms with E-state index >= 15 is 0 Å². The molecule has 0 aliphatic rings. The summed E-state index contributed by atoms with van der Waals surface area (Å²) in [5.41, 5.74) is 2.30. The van der Waals surface area contributed by atoms with Gasteiger partial charge in [0.05, 0.1) is 6.61 Å². The van der Waals surface area contributed by atoms with Gasteiger partial charge < -0.3 is 10.2 Å². The van der Waals surface area contributed by atoms with Gasteiger partial charge in [-0.25, -0.2) is 0 Å². The van der Waals surface area contributed by atoms with E-state index in [0.717, 1.165) is 5.56 Å². The van der Waals surface area contributed by atoms with Gasteiger partial charge in [0.15, 0.2) is 0 Å². The fourth-order valence-electron chi connectivity index (χ4n) is 1.01. The van der Waals surface area contributed by atoms with Gasteiger partial charge in [0.2, 0.25) is 0 Å². The Kier molecular flexibility index (Phi) is 6.41. The van der Waals surface area contributed by atoms with Gasteiger partial charge in [0, 0.05) is 0 Å². The molecule has 0 atom stereocenters. The van der Waals surface area contributed by atoms with Crippen LogP contribution < -0.4 is 0 Å². The minimum absolute atomic E-state index is 0.137. The van der Waals surface area contributed by atoms with E-state index in [-0.39, 0.29) is 13.1 Å². The van der Waals surface area contributed by atoms with Crippen molar-refractivity contribution >= 4 is 6.47 Å². The van der Waals surface area contributed by atoms with E-state index < -0.39 is 0 Å². The number of benzene rings is 1. The highest BCUT2D eigenvalue weighted by Gasteiger charge is 1.97. The van der Waals surface area contributed by atoms with E-state index in [1.807, 2.05) is 12.1 Å². The summed E-state index contributed by atoms with van der Waals surface area (Å²) in [5, 5.41) is 15.7. The molecular weight excluding hydrogens is 180 g/mol. The molecule has 3 heteroatoms. The molecule has 0 radical (unpaired) electrons. The Balaban J connectivity index is 0.000000500. The van der Waals surface area contributed by atoms with E-state index in [4.69, 9.17) is 15.0 Å². The summed E-state index contributed by atoms with van der Waals surface area (Å²) in [6.07, 6.45) is 0. The van der Waals surface area contributed by atoms with Crippen LogP contribution >= 0.6 is 0 Å². The first-order valence-electron chi connectivity index (χ1n) is 4.43. The van der Waals surface area contributed by atoms with Crippen molar-refractivity contribution in [2.45, 2.75) is 26.4 Å². The van der Waals surface area contributed by atoms with Crippen LogP contribution in [-0.4, -0.2) is 16.7 Å². The second kappa shape index (κ2) is 7.09. The molecule has 0 amide bonds. The summed E-state index contributed by atoms with van der Waals surface area (Å²) in [7, 11) is 0. The normalized spacial score (nSPS) is 9.14.